The lowest BCUT2D eigenvalue weighted by molar-refractivity contribution is -0.148. The molecule has 3 nitrogen and oxygen atoms in total. The lowest BCUT2D eigenvalue weighted by atomic mass is 9.77. The predicted octanol–water partition coefficient (Wildman–Crippen LogP) is 4.89. The molecule has 1 aliphatic rings. The molecule has 0 saturated carbocycles. The van der Waals surface area contributed by atoms with Crippen molar-refractivity contribution in [3.63, 3.8) is 0 Å². The Bertz CT molecular complexity index is 616. The highest BCUT2D eigenvalue weighted by molar-refractivity contribution is 5.50. The van der Waals surface area contributed by atoms with Gasteiger partial charge in [-0.2, -0.15) is 13.2 Å². The van der Waals surface area contributed by atoms with Crippen LogP contribution in [0.25, 0.3) is 0 Å². The Balaban J connectivity index is 2.63. The highest BCUT2D eigenvalue weighted by Crippen LogP contribution is 2.43. The molecule has 0 amide bonds. The highest BCUT2D eigenvalue weighted by atomic mass is 19.4. The molecule has 0 bridgehead atoms. The van der Waals surface area contributed by atoms with E-state index in [1.54, 1.807) is 12.1 Å². The predicted molar refractivity (Wildman–Crippen MR) is 103 cm³/mol. The number of rotatable bonds is 3. The second-order valence-electron chi connectivity index (χ2n) is 9.59. The lowest BCUT2D eigenvalue weighted by Crippen LogP contribution is -2.46. The monoisotopic (exact) mass is 386 g/mol. The van der Waals surface area contributed by atoms with Crippen LogP contribution in [-0.2, 0) is 10.8 Å². The number of phenols is 1. The maximum absolute atomic E-state index is 13.4. The van der Waals surface area contributed by atoms with Crippen LogP contribution in [0.4, 0.5) is 13.2 Å². The van der Waals surface area contributed by atoms with Gasteiger partial charge in [0, 0.05) is 32.2 Å². The van der Waals surface area contributed by atoms with Crippen LogP contribution in [0.1, 0.15) is 70.7 Å². The minimum Gasteiger partial charge on any atom is -0.507 e. The number of nitrogens with one attached hydrogen (secondary N) is 1. The SMILES string of the molecule is CC(C)(C)c1cc([C@@H](CC(F)(F)F)N2CCNCC2)cc(C(C)(C)C)c1O. The van der Waals surface area contributed by atoms with E-state index in [0.717, 1.165) is 0 Å². The average molecular weight is 387 g/mol. The van der Waals surface area contributed by atoms with Gasteiger partial charge in [-0.3, -0.25) is 4.90 Å². The van der Waals surface area contributed by atoms with Crippen LogP contribution in [0, 0.1) is 0 Å². The van der Waals surface area contributed by atoms with Crippen LogP contribution in [-0.4, -0.2) is 42.4 Å². The third kappa shape index (κ3) is 5.61. The molecule has 1 atom stereocenters. The highest BCUT2D eigenvalue weighted by Gasteiger charge is 2.37. The standard InChI is InChI=1S/C21H33F3N2O/c1-19(2,3)15-11-14(12-16(18(15)27)20(4,5)6)17(13-21(22,23)24)26-9-7-25-8-10-26/h11-12,17,25,27H,7-10,13H2,1-6H3/t17-/m1/s1. The third-order valence-electron chi connectivity index (χ3n) is 5.15. The minimum absolute atomic E-state index is 0.199. The second kappa shape index (κ2) is 7.63. The molecule has 154 valence electrons. The number of hydrogen-bond donors (Lipinski definition) is 2. The van der Waals surface area contributed by atoms with Gasteiger partial charge in [0.25, 0.3) is 0 Å². The van der Waals surface area contributed by atoms with Gasteiger partial charge in [0.15, 0.2) is 0 Å². The number of nitrogens with zero attached hydrogens (tertiary/aromatic N) is 1. The fourth-order valence-electron chi connectivity index (χ4n) is 3.66. The van der Waals surface area contributed by atoms with Gasteiger partial charge in [0.1, 0.15) is 5.75 Å². The van der Waals surface area contributed by atoms with Crippen molar-refractivity contribution in [2.75, 3.05) is 26.2 Å². The smallest absolute Gasteiger partial charge is 0.390 e. The van der Waals surface area contributed by atoms with E-state index in [0.29, 0.717) is 42.9 Å². The Morgan fingerprint density at radius 1 is 0.963 bits per heavy atom. The fraction of sp³-hybridized carbons (Fsp3) is 0.714. The van der Waals surface area contributed by atoms with E-state index in [-0.39, 0.29) is 16.6 Å². The first-order chi connectivity index (χ1) is 12.2. The molecule has 1 heterocycles. The number of piperazine rings is 1. The van der Waals surface area contributed by atoms with Crippen LogP contribution < -0.4 is 5.32 Å². The fourth-order valence-corrected chi connectivity index (χ4v) is 3.66. The molecule has 1 fully saturated rings. The van der Waals surface area contributed by atoms with E-state index in [1.807, 2.05) is 46.4 Å². The molecular formula is C21H33F3N2O. The second-order valence-corrected chi connectivity index (χ2v) is 9.59. The van der Waals surface area contributed by atoms with Crippen molar-refractivity contribution in [3.8, 4) is 5.75 Å². The number of phenolic OH excluding ortho intramolecular Hbond substituents is 1. The van der Waals surface area contributed by atoms with E-state index in [9.17, 15) is 18.3 Å². The Morgan fingerprint density at radius 3 is 1.78 bits per heavy atom. The largest absolute Gasteiger partial charge is 0.507 e. The Morgan fingerprint density at radius 2 is 1.41 bits per heavy atom. The number of benzene rings is 1. The van der Waals surface area contributed by atoms with Crippen LogP contribution in [0.3, 0.4) is 0 Å². The molecule has 2 rings (SSSR count). The molecule has 27 heavy (non-hydrogen) atoms. The zero-order valence-corrected chi connectivity index (χ0v) is 17.3. The first kappa shape index (κ1) is 22.0. The summed E-state index contributed by atoms with van der Waals surface area (Å²) in [4.78, 5) is 1.91. The van der Waals surface area contributed by atoms with Crippen molar-refractivity contribution in [2.24, 2.45) is 0 Å². The van der Waals surface area contributed by atoms with Gasteiger partial charge >= 0.3 is 6.18 Å². The molecule has 1 saturated heterocycles. The van der Waals surface area contributed by atoms with Crippen molar-refractivity contribution in [1.29, 1.82) is 0 Å². The molecule has 0 spiro atoms. The summed E-state index contributed by atoms with van der Waals surface area (Å²) in [5.74, 6) is 0.199. The van der Waals surface area contributed by atoms with Crippen molar-refractivity contribution < 1.29 is 18.3 Å². The van der Waals surface area contributed by atoms with Crippen LogP contribution >= 0.6 is 0 Å². The van der Waals surface area contributed by atoms with Gasteiger partial charge in [-0.05, 0) is 39.7 Å². The maximum atomic E-state index is 13.4. The zero-order chi connectivity index (χ0) is 20.6. The first-order valence-corrected chi connectivity index (χ1v) is 9.59. The van der Waals surface area contributed by atoms with E-state index in [2.05, 4.69) is 5.32 Å². The lowest BCUT2D eigenvalue weighted by Gasteiger charge is -2.37. The number of aromatic hydroxyl groups is 1. The Hall–Kier alpha value is -1.27. The minimum atomic E-state index is -4.25. The molecule has 2 N–H and O–H groups in total. The van der Waals surface area contributed by atoms with Gasteiger partial charge in [0.2, 0.25) is 0 Å². The summed E-state index contributed by atoms with van der Waals surface area (Å²) >= 11 is 0. The van der Waals surface area contributed by atoms with Crippen molar-refractivity contribution in [3.05, 3.63) is 28.8 Å². The van der Waals surface area contributed by atoms with Crippen LogP contribution in [0.5, 0.6) is 5.75 Å². The third-order valence-corrected chi connectivity index (χ3v) is 5.15. The molecule has 1 aromatic rings. The molecule has 0 aliphatic carbocycles. The Kier molecular flexibility index (Phi) is 6.22. The summed E-state index contributed by atoms with van der Waals surface area (Å²) in [6.07, 6.45) is -5.14. The number of hydrogen-bond acceptors (Lipinski definition) is 3. The zero-order valence-electron chi connectivity index (χ0n) is 17.3. The summed E-state index contributed by atoms with van der Waals surface area (Å²) in [5.41, 5.74) is 1.31. The van der Waals surface area contributed by atoms with Crippen LogP contribution in [0.15, 0.2) is 12.1 Å². The van der Waals surface area contributed by atoms with Gasteiger partial charge in [-0.1, -0.05) is 41.5 Å². The van der Waals surface area contributed by atoms with E-state index >= 15 is 0 Å². The molecule has 6 heteroatoms. The summed E-state index contributed by atoms with van der Waals surface area (Å²) < 4.78 is 40.2. The Labute approximate surface area is 161 Å². The van der Waals surface area contributed by atoms with Crippen molar-refractivity contribution >= 4 is 0 Å². The van der Waals surface area contributed by atoms with E-state index < -0.39 is 18.6 Å². The molecule has 0 radical (unpaired) electrons. The van der Waals surface area contributed by atoms with Gasteiger partial charge in [-0.25, -0.2) is 0 Å². The maximum Gasteiger partial charge on any atom is 0.390 e. The first-order valence-electron chi connectivity index (χ1n) is 9.59. The number of halogens is 3. The molecule has 1 aliphatic heterocycles. The quantitative estimate of drug-likeness (QED) is 0.777. The van der Waals surface area contributed by atoms with Crippen molar-refractivity contribution in [1.82, 2.24) is 10.2 Å². The topological polar surface area (TPSA) is 35.5 Å². The van der Waals surface area contributed by atoms with E-state index in [1.165, 1.54) is 0 Å². The van der Waals surface area contributed by atoms with Gasteiger partial charge in [-0.15, -0.1) is 0 Å². The molecular weight excluding hydrogens is 353 g/mol. The van der Waals surface area contributed by atoms with Gasteiger partial charge < -0.3 is 10.4 Å². The summed E-state index contributed by atoms with van der Waals surface area (Å²) in [7, 11) is 0. The number of alkyl halides is 3. The summed E-state index contributed by atoms with van der Waals surface area (Å²) in [6, 6.07) is 2.82. The van der Waals surface area contributed by atoms with Crippen molar-refractivity contribution in [2.45, 2.75) is 71.0 Å². The van der Waals surface area contributed by atoms with Gasteiger partial charge in [0.05, 0.1) is 6.42 Å². The van der Waals surface area contributed by atoms with E-state index in [4.69, 9.17) is 0 Å². The van der Waals surface area contributed by atoms with Crippen LogP contribution in [0.2, 0.25) is 0 Å². The normalized spacial score (nSPS) is 18.6. The average Bonchev–Trinajstić information content (AvgIpc) is 2.51. The summed E-state index contributed by atoms with van der Waals surface area (Å²) in [6.45, 7) is 14.4. The molecule has 1 aromatic carbocycles. The molecule has 0 unspecified atom stereocenters. The molecule has 0 aromatic heterocycles. The summed E-state index contributed by atoms with van der Waals surface area (Å²) in [5, 5.41) is 14.1.